The molecule has 9 nitrogen and oxygen atoms in total. The van der Waals surface area contributed by atoms with E-state index >= 15 is 0 Å². The Labute approximate surface area is 234 Å². The molecule has 9 heteroatoms. The predicted molar refractivity (Wildman–Crippen MR) is 147 cm³/mol. The number of carbonyl (C=O) groups is 1. The van der Waals surface area contributed by atoms with Crippen molar-refractivity contribution in [1.29, 1.82) is 0 Å². The van der Waals surface area contributed by atoms with Crippen molar-refractivity contribution in [1.82, 2.24) is 9.88 Å². The van der Waals surface area contributed by atoms with E-state index in [4.69, 9.17) is 18.9 Å². The third-order valence-electron chi connectivity index (χ3n) is 7.87. The van der Waals surface area contributed by atoms with Crippen LogP contribution in [0.4, 0.5) is 5.69 Å². The van der Waals surface area contributed by atoms with Gasteiger partial charge in [-0.3, -0.25) is 9.78 Å². The second-order valence-corrected chi connectivity index (χ2v) is 10.6. The Bertz CT molecular complexity index is 1250. The predicted octanol–water partition coefficient (Wildman–Crippen LogP) is 4.21. The number of hydrogen-bond acceptors (Lipinski definition) is 8. The molecule has 210 valence electrons. The molecule has 0 bridgehead atoms. The first-order valence-corrected chi connectivity index (χ1v) is 13.9. The lowest BCUT2D eigenvalue weighted by Crippen LogP contribution is -2.48. The van der Waals surface area contributed by atoms with Crippen molar-refractivity contribution in [2.45, 2.75) is 50.2 Å². The summed E-state index contributed by atoms with van der Waals surface area (Å²) >= 11 is 0. The van der Waals surface area contributed by atoms with Crippen LogP contribution in [0.15, 0.2) is 73.1 Å². The average Bonchev–Trinajstić information content (AvgIpc) is 3.47. The number of aromatic nitrogens is 1. The lowest BCUT2D eigenvalue weighted by Gasteiger charge is -2.41. The molecular weight excluding hydrogens is 510 g/mol. The second kappa shape index (κ2) is 12.1. The topological polar surface area (TPSA) is 102 Å². The summed E-state index contributed by atoms with van der Waals surface area (Å²) in [5.74, 6) is -0.616. The highest BCUT2D eigenvalue weighted by Crippen LogP contribution is 2.39. The summed E-state index contributed by atoms with van der Waals surface area (Å²) in [5.41, 5.74) is 3.98. The summed E-state index contributed by atoms with van der Waals surface area (Å²) in [4.78, 5) is 19.0. The summed E-state index contributed by atoms with van der Waals surface area (Å²) in [6.07, 6.45) is 4.87. The number of rotatable bonds is 7. The molecule has 0 unspecified atom stereocenters. The monoisotopic (exact) mass is 545 g/mol. The Balaban J connectivity index is 1.15. The number of anilines is 1. The number of likely N-dealkylation sites (tertiary alicyclic amines) is 1. The molecule has 3 fully saturated rings. The normalized spacial score (nSPS) is 24.7. The van der Waals surface area contributed by atoms with Gasteiger partial charge in [-0.1, -0.05) is 36.4 Å². The molecule has 1 aromatic heterocycles. The molecule has 3 aliphatic rings. The van der Waals surface area contributed by atoms with Gasteiger partial charge in [-0.05, 0) is 35.4 Å². The minimum Gasteiger partial charge on any atom is -0.392 e. The molecule has 3 atom stereocenters. The van der Waals surface area contributed by atoms with Crippen molar-refractivity contribution >= 4 is 11.6 Å². The van der Waals surface area contributed by atoms with E-state index in [0.29, 0.717) is 24.5 Å². The first-order chi connectivity index (χ1) is 19.6. The Morgan fingerprint density at radius 3 is 2.38 bits per heavy atom. The molecule has 0 radical (unpaired) electrons. The fourth-order valence-electron chi connectivity index (χ4n) is 5.61. The molecule has 3 saturated heterocycles. The fourth-order valence-corrected chi connectivity index (χ4v) is 5.61. The molecule has 6 rings (SSSR count). The zero-order valence-corrected chi connectivity index (χ0v) is 22.4. The number of amides is 1. The molecule has 40 heavy (non-hydrogen) atoms. The van der Waals surface area contributed by atoms with Gasteiger partial charge in [-0.25, -0.2) is 0 Å². The van der Waals surface area contributed by atoms with Gasteiger partial charge in [-0.2, -0.15) is 0 Å². The number of piperidine rings is 1. The first kappa shape index (κ1) is 27.0. The van der Waals surface area contributed by atoms with Crippen LogP contribution in [0.1, 0.15) is 58.7 Å². The largest absolute Gasteiger partial charge is 0.392 e. The second-order valence-electron chi connectivity index (χ2n) is 10.6. The third kappa shape index (κ3) is 6.25. The van der Waals surface area contributed by atoms with Crippen molar-refractivity contribution in [3.05, 3.63) is 95.3 Å². The van der Waals surface area contributed by atoms with E-state index in [2.05, 4.69) is 15.2 Å². The SMILES string of the molecule is O=C(Nc1ccc([C@@H]2O[C@H](CN3CCC4(CC3)OCCO4)C[C@H](c3ccc(CO)cc3)O2)cc1)c1cccnc1. The molecular formula is C31H35N3O6. The summed E-state index contributed by atoms with van der Waals surface area (Å²) in [6, 6.07) is 18.9. The molecule has 0 saturated carbocycles. The maximum atomic E-state index is 12.5. The van der Waals surface area contributed by atoms with Gasteiger partial charge < -0.3 is 34.3 Å². The van der Waals surface area contributed by atoms with Crippen LogP contribution in [0, 0.1) is 0 Å². The van der Waals surface area contributed by atoms with Gasteiger partial charge >= 0.3 is 0 Å². The van der Waals surface area contributed by atoms with E-state index in [9.17, 15) is 9.90 Å². The maximum Gasteiger partial charge on any atom is 0.257 e. The maximum absolute atomic E-state index is 12.5. The number of nitrogens with one attached hydrogen (secondary N) is 1. The Hall–Kier alpha value is -3.18. The summed E-state index contributed by atoms with van der Waals surface area (Å²) in [5, 5.41) is 12.4. The molecule has 4 heterocycles. The Morgan fingerprint density at radius 2 is 1.70 bits per heavy atom. The van der Waals surface area contributed by atoms with E-state index in [1.54, 1.807) is 18.3 Å². The minimum absolute atomic E-state index is 0.00765. The highest BCUT2D eigenvalue weighted by molar-refractivity contribution is 6.04. The molecule has 1 amide bonds. The smallest absolute Gasteiger partial charge is 0.257 e. The van der Waals surface area contributed by atoms with Crippen molar-refractivity contribution in [2.75, 3.05) is 38.2 Å². The Morgan fingerprint density at radius 1 is 0.975 bits per heavy atom. The molecule has 3 aliphatic heterocycles. The Kier molecular flexibility index (Phi) is 8.20. The van der Waals surface area contributed by atoms with E-state index < -0.39 is 12.1 Å². The lowest BCUT2D eigenvalue weighted by atomic mass is 9.98. The van der Waals surface area contributed by atoms with Crippen LogP contribution in [-0.4, -0.2) is 65.6 Å². The van der Waals surface area contributed by atoms with Crippen LogP contribution in [0.25, 0.3) is 0 Å². The number of nitrogens with zero attached hydrogens (tertiary/aromatic N) is 2. The van der Waals surface area contributed by atoms with Crippen LogP contribution in [0.2, 0.25) is 0 Å². The van der Waals surface area contributed by atoms with E-state index in [0.717, 1.165) is 55.6 Å². The van der Waals surface area contributed by atoms with Crippen molar-refractivity contribution in [3.63, 3.8) is 0 Å². The average molecular weight is 546 g/mol. The van der Waals surface area contributed by atoms with Gasteiger partial charge in [0, 0.05) is 62.5 Å². The first-order valence-electron chi connectivity index (χ1n) is 13.9. The van der Waals surface area contributed by atoms with Crippen LogP contribution in [0.5, 0.6) is 0 Å². The van der Waals surface area contributed by atoms with Crippen molar-refractivity contribution in [2.24, 2.45) is 0 Å². The number of pyridine rings is 1. The van der Waals surface area contributed by atoms with Gasteiger partial charge in [-0.15, -0.1) is 0 Å². The third-order valence-corrected chi connectivity index (χ3v) is 7.87. The van der Waals surface area contributed by atoms with Gasteiger partial charge in [0.15, 0.2) is 12.1 Å². The molecule has 2 N–H and O–H groups in total. The van der Waals surface area contributed by atoms with Gasteiger partial charge in [0.1, 0.15) is 0 Å². The van der Waals surface area contributed by atoms with Gasteiger partial charge in [0.2, 0.25) is 0 Å². The standard InChI is InChI=1S/C31H35N3O6/c35-21-22-3-5-23(6-4-22)28-18-27(20-34-14-11-31(12-15-34)37-16-17-38-31)39-30(40-28)24-7-9-26(10-8-24)33-29(36)25-2-1-13-32-19-25/h1-10,13,19,27-28,30,35H,11-12,14-18,20-21H2,(H,33,36)/t27-,28+,30+/m0/s1. The molecule has 1 spiro atoms. The number of ether oxygens (including phenoxy) is 4. The van der Waals surface area contributed by atoms with Crippen LogP contribution in [-0.2, 0) is 25.6 Å². The zero-order valence-electron chi connectivity index (χ0n) is 22.4. The van der Waals surface area contributed by atoms with Crippen molar-refractivity contribution < 1.29 is 28.8 Å². The van der Waals surface area contributed by atoms with E-state index in [1.807, 2.05) is 48.5 Å². The summed E-state index contributed by atoms with van der Waals surface area (Å²) in [7, 11) is 0. The number of hydrogen-bond donors (Lipinski definition) is 2. The van der Waals surface area contributed by atoms with E-state index in [-0.39, 0.29) is 24.7 Å². The fraction of sp³-hybridized carbons (Fsp3) is 0.419. The number of benzene rings is 2. The highest BCUT2D eigenvalue weighted by Gasteiger charge is 2.41. The van der Waals surface area contributed by atoms with Gasteiger partial charge in [0.25, 0.3) is 5.91 Å². The minimum atomic E-state index is -0.554. The van der Waals surface area contributed by atoms with Crippen LogP contribution >= 0.6 is 0 Å². The van der Waals surface area contributed by atoms with Crippen molar-refractivity contribution in [3.8, 4) is 0 Å². The van der Waals surface area contributed by atoms with Crippen LogP contribution in [0.3, 0.4) is 0 Å². The quantitative estimate of drug-likeness (QED) is 0.455. The summed E-state index contributed by atoms with van der Waals surface area (Å²) in [6.45, 7) is 3.94. The summed E-state index contributed by atoms with van der Waals surface area (Å²) < 4.78 is 24.8. The zero-order chi connectivity index (χ0) is 27.4. The lowest BCUT2D eigenvalue weighted by molar-refractivity contribution is -0.255. The molecule has 0 aliphatic carbocycles. The molecule has 2 aromatic carbocycles. The number of carbonyl (C=O) groups excluding carboxylic acids is 1. The van der Waals surface area contributed by atoms with Gasteiger partial charge in [0.05, 0.1) is 37.6 Å². The highest BCUT2D eigenvalue weighted by atomic mass is 16.7. The number of aliphatic hydroxyl groups is 1. The number of aliphatic hydroxyl groups excluding tert-OH is 1. The van der Waals surface area contributed by atoms with Crippen LogP contribution < -0.4 is 5.32 Å². The van der Waals surface area contributed by atoms with E-state index in [1.165, 1.54) is 6.20 Å². The molecule has 3 aromatic rings.